The monoisotopic (exact) mass is 528 g/mol. The summed E-state index contributed by atoms with van der Waals surface area (Å²) in [5, 5.41) is 2.95. The van der Waals surface area contributed by atoms with Crippen molar-refractivity contribution in [2.24, 2.45) is 0 Å². The minimum atomic E-state index is -0.363. The lowest BCUT2D eigenvalue weighted by Crippen LogP contribution is -2.29. The topological polar surface area (TPSA) is 75.7 Å². The van der Waals surface area contributed by atoms with E-state index in [0.29, 0.717) is 23.9 Å². The van der Waals surface area contributed by atoms with Crippen molar-refractivity contribution in [3.63, 3.8) is 0 Å². The number of nitrogens with zero attached hydrogens (tertiary/aromatic N) is 1. The molecular formula is C30H44N2O4S. The van der Waals surface area contributed by atoms with Gasteiger partial charge in [-0.1, -0.05) is 64.2 Å². The predicted octanol–water partition coefficient (Wildman–Crippen LogP) is 6.44. The van der Waals surface area contributed by atoms with Gasteiger partial charge in [0.2, 0.25) is 0 Å². The summed E-state index contributed by atoms with van der Waals surface area (Å²) < 4.78 is 6.26. The number of hydrogen-bond donors (Lipinski definition) is 1. The van der Waals surface area contributed by atoms with E-state index in [9.17, 15) is 14.4 Å². The fraction of sp³-hybridized carbons (Fsp3) is 0.633. The highest BCUT2D eigenvalue weighted by atomic mass is 32.2. The summed E-state index contributed by atoms with van der Waals surface area (Å²) in [6, 6.07) is 6.53. The average Bonchev–Trinajstić information content (AvgIpc) is 3.25. The number of hydrogen-bond acceptors (Lipinski definition) is 5. The maximum atomic E-state index is 12.4. The maximum absolute atomic E-state index is 12.4. The Morgan fingerprint density at radius 2 is 1.35 bits per heavy atom. The van der Waals surface area contributed by atoms with Crippen LogP contribution < -0.4 is 10.2 Å². The molecule has 1 aliphatic heterocycles. The molecule has 1 aromatic rings. The molecule has 0 bridgehead atoms. The number of thioether (sulfide) groups is 1. The molecule has 7 heteroatoms. The Balaban J connectivity index is 1.21. The van der Waals surface area contributed by atoms with E-state index in [4.69, 9.17) is 4.74 Å². The summed E-state index contributed by atoms with van der Waals surface area (Å²) in [5.74, 6) is 1.23. The predicted molar refractivity (Wildman–Crippen MR) is 152 cm³/mol. The Kier molecular flexibility index (Phi) is 13.8. The van der Waals surface area contributed by atoms with Crippen LogP contribution in [0.1, 0.15) is 100 Å². The fourth-order valence-electron chi connectivity index (χ4n) is 4.88. The van der Waals surface area contributed by atoms with Crippen molar-refractivity contribution in [3.8, 4) is 0 Å². The largest absolute Gasteiger partial charge is 0.378 e. The van der Waals surface area contributed by atoms with Crippen molar-refractivity contribution < 1.29 is 19.1 Å². The molecule has 0 unspecified atom stereocenters. The molecule has 3 amide bonds. The van der Waals surface area contributed by atoms with Gasteiger partial charge in [0.05, 0.1) is 11.8 Å². The van der Waals surface area contributed by atoms with Gasteiger partial charge in [0.25, 0.3) is 17.7 Å². The molecule has 0 atom stereocenters. The Morgan fingerprint density at radius 3 is 1.95 bits per heavy atom. The van der Waals surface area contributed by atoms with Gasteiger partial charge >= 0.3 is 0 Å². The van der Waals surface area contributed by atoms with Crippen LogP contribution in [0, 0.1) is 0 Å². The van der Waals surface area contributed by atoms with Gasteiger partial charge in [-0.15, -0.1) is 0 Å². The van der Waals surface area contributed by atoms with Crippen LogP contribution in [-0.4, -0.2) is 48.5 Å². The number of benzene rings is 1. The van der Waals surface area contributed by atoms with Crippen molar-refractivity contribution >= 4 is 35.2 Å². The van der Waals surface area contributed by atoms with E-state index in [2.05, 4.69) is 5.32 Å². The molecule has 0 saturated heterocycles. The summed E-state index contributed by atoms with van der Waals surface area (Å²) in [4.78, 5) is 37.0. The van der Waals surface area contributed by atoms with Gasteiger partial charge in [-0.3, -0.25) is 14.4 Å². The second-order valence-corrected chi connectivity index (χ2v) is 11.3. The van der Waals surface area contributed by atoms with E-state index in [1.807, 2.05) is 11.8 Å². The van der Waals surface area contributed by atoms with Crippen LogP contribution in [0.2, 0.25) is 0 Å². The molecular weight excluding hydrogens is 484 g/mol. The van der Waals surface area contributed by atoms with Crippen molar-refractivity contribution in [1.29, 1.82) is 0 Å². The number of imide groups is 1. The van der Waals surface area contributed by atoms with Gasteiger partial charge in [0.1, 0.15) is 0 Å². The third kappa shape index (κ3) is 11.0. The molecule has 1 fully saturated rings. The SMILES string of the molecule is O=C(NCCCSCCCOC1CCCCCCCCCCCC1)c1ccc(N2C(=O)C=CC2=O)cc1. The van der Waals surface area contributed by atoms with E-state index >= 15 is 0 Å². The molecule has 1 saturated carbocycles. The van der Waals surface area contributed by atoms with Crippen molar-refractivity contribution in [2.75, 3.05) is 29.6 Å². The first kappa shape index (κ1) is 29.4. The van der Waals surface area contributed by atoms with E-state index in [1.54, 1.807) is 24.3 Å². The molecule has 3 rings (SSSR count). The highest BCUT2D eigenvalue weighted by molar-refractivity contribution is 7.99. The second-order valence-electron chi connectivity index (χ2n) is 10.1. The van der Waals surface area contributed by atoms with Crippen LogP contribution in [-0.2, 0) is 14.3 Å². The number of nitrogens with one attached hydrogen (secondary N) is 1. The number of anilines is 1. The van der Waals surface area contributed by atoms with Crippen molar-refractivity contribution in [1.82, 2.24) is 5.32 Å². The van der Waals surface area contributed by atoms with E-state index < -0.39 is 0 Å². The second kappa shape index (κ2) is 17.4. The van der Waals surface area contributed by atoms with Crippen LogP contribution in [0.5, 0.6) is 0 Å². The van der Waals surface area contributed by atoms with E-state index in [1.165, 1.54) is 89.2 Å². The lowest BCUT2D eigenvalue weighted by Gasteiger charge is -2.18. The molecule has 6 nitrogen and oxygen atoms in total. The third-order valence-corrected chi connectivity index (χ3v) is 8.19. The number of carbonyl (C=O) groups excluding carboxylic acids is 3. The lowest BCUT2D eigenvalue weighted by molar-refractivity contribution is -0.119. The average molecular weight is 529 g/mol. The summed E-state index contributed by atoms with van der Waals surface area (Å²) in [6.45, 7) is 1.48. The highest BCUT2D eigenvalue weighted by Crippen LogP contribution is 2.20. The first-order chi connectivity index (χ1) is 18.1. The zero-order valence-electron chi connectivity index (χ0n) is 22.3. The maximum Gasteiger partial charge on any atom is 0.258 e. The van der Waals surface area contributed by atoms with Crippen LogP contribution in [0.3, 0.4) is 0 Å². The van der Waals surface area contributed by atoms with Gasteiger partial charge in [0.15, 0.2) is 0 Å². The minimum absolute atomic E-state index is 0.144. The summed E-state index contributed by atoms with van der Waals surface area (Å²) in [7, 11) is 0. The number of rotatable bonds is 11. The first-order valence-electron chi connectivity index (χ1n) is 14.3. The Bertz CT molecular complexity index is 839. The van der Waals surface area contributed by atoms with Crippen LogP contribution >= 0.6 is 11.8 Å². The molecule has 204 valence electrons. The van der Waals surface area contributed by atoms with Gasteiger partial charge in [0, 0.05) is 30.9 Å². The standard InChI is InChI=1S/C30H44N2O4S/c33-28-19-20-29(34)32(28)26-17-15-25(16-18-26)30(35)31-21-11-23-37-24-12-22-36-27-13-9-7-5-3-1-2-4-6-8-10-14-27/h15-20,27H,1-14,21-24H2,(H,31,35). The molecule has 0 aromatic heterocycles. The Hall–Kier alpha value is -2.12. The minimum Gasteiger partial charge on any atom is -0.378 e. The lowest BCUT2D eigenvalue weighted by atomic mass is 10.0. The third-order valence-electron chi connectivity index (χ3n) is 7.04. The van der Waals surface area contributed by atoms with Crippen LogP contribution in [0.15, 0.2) is 36.4 Å². The van der Waals surface area contributed by atoms with Gasteiger partial charge in [-0.25, -0.2) is 4.90 Å². The molecule has 0 radical (unpaired) electrons. The molecule has 2 aliphatic rings. The van der Waals surface area contributed by atoms with Crippen LogP contribution in [0.25, 0.3) is 0 Å². The van der Waals surface area contributed by atoms with Crippen molar-refractivity contribution in [2.45, 2.75) is 96.0 Å². The van der Waals surface area contributed by atoms with E-state index in [0.717, 1.165) is 35.9 Å². The summed E-state index contributed by atoms with van der Waals surface area (Å²) >= 11 is 1.92. The van der Waals surface area contributed by atoms with Gasteiger partial charge in [-0.2, -0.15) is 11.8 Å². The zero-order chi connectivity index (χ0) is 26.1. The molecule has 1 N–H and O–H groups in total. The molecule has 1 aromatic carbocycles. The zero-order valence-corrected chi connectivity index (χ0v) is 23.1. The first-order valence-corrected chi connectivity index (χ1v) is 15.4. The number of amides is 3. The van der Waals surface area contributed by atoms with Gasteiger partial charge in [-0.05, 0) is 61.5 Å². The van der Waals surface area contributed by atoms with Gasteiger partial charge < -0.3 is 10.1 Å². The normalized spacial score (nSPS) is 18.3. The fourth-order valence-corrected chi connectivity index (χ4v) is 5.75. The summed E-state index contributed by atoms with van der Waals surface area (Å²) in [6.07, 6.45) is 21.1. The van der Waals surface area contributed by atoms with Crippen LogP contribution in [0.4, 0.5) is 5.69 Å². The Labute approximate surface area is 227 Å². The highest BCUT2D eigenvalue weighted by Gasteiger charge is 2.25. The van der Waals surface area contributed by atoms with E-state index in [-0.39, 0.29) is 17.7 Å². The number of carbonyl (C=O) groups is 3. The van der Waals surface area contributed by atoms with Crippen molar-refractivity contribution in [3.05, 3.63) is 42.0 Å². The molecule has 37 heavy (non-hydrogen) atoms. The Morgan fingerprint density at radius 1 is 0.811 bits per heavy atom. The molecule has 1 heterocycles. The quantitative estimate of drug-likeness (QED) is 0.264. The molecule has 0 spiro atoms. The summed E-state index contributed by atoms with van der Waals surface area (Å²) in [5.41, 5.74) is 0.988. The molecule has 1 aliphatic carbocycles. The number of ether oxygens (including phenoxy) is 1. The smallest absolute Gasteiger partial charge is 0.258 e.